The van der Waals surface area contributed by atoms with Gasteiger partial charge < -0.3 is 15.4 Å². The van der Waals surface area contributed by atoms with E-state index >= 15 is 0 Å². The highest BCUT2D eigenvalue weighted by atomic mass is 19.1. The van der Waals surface area contributed by atoms with Gasteiger partial charge in [0, 0.05) is 30.8 Å². The number of methoxy groups -OCH3 is 1. The number of hydrogen-bond acceptors (Lipinski definition) is 3. The van der Waals surface area contributed by atoms with Gasteiger partial charge in [-0.15, -0.1) is 0 Å². The minimum atomic E-state index is -0.346. The Bertz CT molecular complexity index is 688. The molecule has 122 valence electrons. The molecule has 2 rings (SSSR count). The van der Waals surface area contributed by atoms with Crippen molar-refractivity contribution in [2.24, 2.45) is 0 Å². The first-order valence-electron chi connectivity index (χ1n) is 7.43. The molecule has 0 saturated carbocycles. The average Bonchev–Trinajstić information content (AvgIpc) is 2.53. The summed E-state index contributed by atoms with van der Waals surface area (Å²) < 4.78 is 19.1. The van der Waals surface area contributed by atoms with Gasteiger partial charge in [0.2, 0.25) is 5.91 Å². The van der Waals surface area contributed by atoms with Gasteiger partial charge >= 0.3 is 0 Å². The number of benzene rings is 2. The summed E-state index contributed by atoms with van der Waals surface area (Å²) in [5.74, 6) is -0.215. The van der Waals surface area contributed by atoms with Crippen molar-refractivity contribution in [2.45, 2.75) is 26.4 Å². The number of nitrogens with one attached hydrogen (secondary N) is 2. The van der Waals surface area contributed by atoms with Gasteiger partial charge in [-0.2, -0.15) is 0 Å². The lowest BCUT2D eigenvalue weighted by molar-refractivity contribution is -0.114. The molecule has 2 aromatic carbocycles. The lowest BCUT2D eigenvalue weighted by Crippen LogP contribution is -2.19. The zero-order valence-corrected chi connectivity index (χ0v) is 13.5. The molecule has 2 aromatic rings. The van der Waals surface area contributed by atoms with Gasteiger partial charge in [-0.05, 0) is 30.7 Å². The number of rotatable bonds is 6. The summed E-state index contributed by atoms with van der Waals surface area (Å²) in [6.45, 7) is 3.85. The molecule has 4 nitrogen and oxygen atoms in total. The van der Waals surface area contributed by atoms with Crippen LogP contribution in [0.1, 0.15) is 31.0 Å². The monoisotopic (exact) mass is 316 g/mol. The van der Waals surface area contributed by atoms with Crippen LogP contribution in [-0.4, -0.2) is 13.0 Å². The topological polar surface area (TPSA) is 50.4 Å². The largest absolute Gasteiger partial charge is 0.494 e. The summed E-state index contributed by atoms with van der Waals surface area (Å²) in [5.41, 5.74) is 2.31. The molecule has 0 fully saturated rings. The molecule has 0 aliphatic rings. The Morgan fingerprint density at radius 2 is 2.00 bits per heavy atom. The second-order valence-electron chi connectivity index (χ2n) is 5.34. The van der Waals surface area contributed by atoms with Crippen molar-refractivity contribution in [3.63, 3.8) is 0 Å². The van der Waals surface area contributed by atoms with Crippen LogP contribution in [0.25, 0.3) is 0 Å². The third-order valence-electron chi connectivity index (χ3n) is 3.57. The summed E-state index contributed by atoms with van der Waals surface area (Å²) in [7, 11) is 1.45. The van der Waals surface area contributed by atoms with E-state index in [2.05, 4.69) is 10.6 Å². The van der Waals surface area contributed by atoms with E-state index in [1.807, 2.05) is 31.2 Å². The van der Waals surface area contributed by atoms with E-state index in [0.717, 1.165) is 11.3 Å². The predicted molar refractivity (Wildman–Crippen MR) is 89.0 cm³/mol. The molecule has 0 bridgehead atoms. The Hall–Kier alpha value is -2.40. The van der Waals surface area contributed by atoms with Crippen LogP contribution in [0.4, 0.5) is 10.1 Å². The van der Waals surface area contributed by atoms with Crippen molar-refractivity contribution in [1.29, 1.82) is 0 Å². The normalized spacial score (nSPS) is 11.8. The van der Waals surface area contributed by atoms with Crippen LogP contribution in [0.15, 0.2) is 42.5 Å². The number of amides is 1. The van der Waals surface area contributed by atoms with Gasteiger partial charge in [0.25, 0.3) is 0 Å². The van der Waals surface area contributed by atoms with E-state index in [0.29, 0.717) is 12.1 Å². The molecule has 0 aliphatic carbocycles. The van der Waals surface area contributed by atoms with E-state index in [1.54, 1.807) is 18.2 Å². The molecule has 1 amide bonds. The minimum absolute atomic E-state index is 0.00862. The number of ether oxygens (including phenoxy) is 1. The maximum atomic E-state index is 14.1. The van der Waals surface area contributed by atoms with E-state index in [4.69, 9.17) is 4.74 Å². The predicted octanol–water partition coefficient (Wildman–Crippen LogP) is 3.64. The highest BCUT2D eigenvalue weighted by Crippen LogP contribution is 2.22. The van der Waals surface area contributed by atoms with Crippen LogP contribution in [0.2, 0.25) is 0 Å². The molecule has 0 radical (unpaired) electrons. The van der Waals surface area contributed by atoms with Crippen molar-refractivity contribution < 1.29 is 13.9 Å². The molecule has 0 saturated heterocycles. The molecule has 2 N–H and O–H groups in total. The first-order chi connectivity index (χ1) is 11.0. The van der Waals surface area contributed by atoms with Crippen LogP contribution in [0.3, 0.4) is 0 Å². The fraction of sp³-hybridized carbons (Fsp3) is 0.278. The molecule has 1 unspecified atom stereocenters. The Morgan fingerprint density at radius 3 is 2.70 bits per heavy atom. The third-order valence-corrected chi connectivity index (χ3v) is 3.57. The van der Waals surface area contributed by atoms with Crippen molar-refractivity contribution in [3.05, 3.63) is 59.4 Å². The van der Waals surface area contributed by atoms with Gasteiger partial charge in [0.05, 0.1) is 7.11 Å². The molecule has 5 heteroatoms. The van der Waals surface area contributed by atoms with Crippen LogP contribution in [0, 0.1) is 5.82 Å². The lowest BCUT2D eigenvalue weighted by atomic mass is 10.1. The highest BCUT2D eigenvalue weighted by Gasteiger charge is 2.11. The number of anilines is 1. The summed E-state index contributed by atoms with van der Waals surface area (Å²) >= 11 is 0. The Labute approximate surface area is 135 Å². The standard InChI is InChI=1S/C18H21FN2O2/c1-12(14-6-4-8-16(10-14)21-13(2)22)20-11-15-7-5-9-17(23-3)18(15)19/h4-10,12,20H,11H2,1-3H3,(H,21,22). The quantitative estimate of drug-likeness (QED) is 0.855. The molecule has 0 aromatic heterocycles. The summed E-state index contributed by atoms with van der Waals surface area (Å²) in [6.07, 6.45) is 0. The summed E-state index contributed by atoms with van der Waals surface area (Å²) in [5, 5.41) is 6.03. The Kier molecular flexibility index (Phi) is 5.71. The first-order valence-corrected chi connectivity index (χ1v) is 7.43. The Morgan fingerprint density at radius 1 is 1.26 bits per heavy atom. The molecule has 0 aliphatic heterocycles. The third kappa shape index (κ3) is 4.53. The van der Waals surface area contributed by atoms with Crippen molar-refractivity contribution in [2.75, 3.05) is 12.4 Å². The molecule has 23 heavy (non-hydrogen) atoms. The van der Waals surface area contributed by atoms with Crippen LogP contribution in [-0.2, 0) is 11.3 Å². The fourth-order valence-electron chi connectivity index (χ4n) is 2.32. The van der Waals surface area contributed by atoms with E-state index < -0.39 is 0 Å². The fourth-order valence-corrected chi connectivity index (χ4v) is 2.32. The maximum Gasteiger partial charge on any atom is 0.221 e. The molecular formula is C18H21FN2O2. The number of halogens is 1. The number of hydrogen-bond donors (Lipinski definition) is 2. The van der Waals surface area contributed by atoms with Crippen LogP contribution in [0.5, 0.6) is 5.75 Å². The first kappa shape index (κ1) is 17.0. The van der Waals surface area contributed by atoms with E-state index in [1.165, 1.54) is 14.0 Å². The van der Waals surface area contributed by atoms with Crippen LogP contribution < -0.4 is 15.4 Å². The average molecular weight is 316 g/mol. The zero-order valence-electron chi connectivity index (χ0n) is 13.5. The van der Waals surface area contributed by atoms with Crippen molar-refractivity contribution in [1.82, 2.24) is 5.32 Å². The van der Waals surface area contributed by atoms with Gasteiger partial charge in [-0.3, -0.25) is 4.79 Å². The van der Waals surface area contributed by atoms with Gasteiger partial charge in [-0.1, -0.05) is 24.3 Å². The van der Waals surface area contributed by atoms with Gasteiger partial charge in [0.1, 0.15) is 0 Å². The zero-order chi connectivity index (χ0) is 16.8. The second kappa shape index (κ2) is 7.74. The van der Waals surface area contributed by atoms with Crippen molar-refractivity contribution >= 4 is 11.6 Å². The molecule has 0 heterocycles. The van der Waals surface area contributed by atoms with Gasteiger partial charge in [-0.25, -0.2) is 4.39 Å². The summed E-state index contributed by atoms with van der Waals surface area (Å²) in [6, 6.07) is 12.7. The molecule has 1 atom stereocenters. The second-order valence-corrected chi connectivity index (χ2v) is 5.34. The minimum Gasteiger partial charge on any atom is -0.494 e. The molecular weight excluding hydrogens is 295 g/mol. The SMILES string of the molecule is COc1cccc(CNC(C)c2cccc(NC(C)=O)c2)c1F. The smallest absolute Gasteiger partial charge is 0.221 e. The highest BCUT2D eigenvalue weighted by molar-refractivity contribution is 5.88. The van der Waals surface area contributed by atoms with Crippen LogP contribution >= 0.6 is 0 Å². The summed E-state index contributed by atoms with van der Waals surface area (Å²) in [4.78, 5) is 11.1. The number of carbonyl (C=O) groups excluding carboxylic acids is 1. The lowest BCUT2D eigenvalue weighted by Gasteiger charge is -2.16. The van der Waals surface area contributed by atoms with E-state index in [9.17, 15) is 9.18 Å². The number of carbonyl (C=O) groups is 1. The van der Waals surface area contributed by atoms with E-state index in [-0.39, 0.29) is 23.5 Å². The van der Waals surface area contributed by atoms with Crippen molar-refractivity contribution in [3.8, 4) is 5.75 Å². The maximum absolute atomic E-state index is 14.1. The molecule has 0 spiro atoms. The van der Waals surface area contributed by atoms with Gasteiger partial charge in [0.15, 0.2) is 11.6 Å². The Balaban J connectivity index is 2.05.